The van der Waals surface area contributed by atoms with Crippen molar-refractivity contribution in [2.75, 3.05) is 25.2 Å². The zero-order chi connectivity index (χ0) is 20.1. The molecule has 1 aromatic carbocycles. The molecular formula is C16H27N3O5S2. The lowest BCUT2D eigenvalue weighted by molar-refractivity contribution is -0.117. The third-order valence-electron chi connectivity index (χ3n) is 3.73. The summed E-state index contributed by atoms with van der Waals surface area (Å²) in [4.78, 5) is 12.3. The van der Waals surface area contributed by atoms with Gasteiger partial charge in [0.2, 0.25) is 26.0 Å². The third kappa shape index (κ3) is 6.04. The van der Waals surface area contributed by atoms with Crippen LogP contribution in [-0.4, -0.2) is 52.9 Å². The van der Waals surface area contributed by atoms with E-state index in [0.29, 0.717) is 12.0 Å². The molecule has 1 rings (SSSR count). The van der Waals surface area contributed by atoms with Gasteiger partial charge in [-0.3, -0.25) is 4.79 Å². The maximum absolute atomic E-state index is 12.3. The predicted octanol–water partition coefficient (Wildman–Crippen LogP) is 1.29. The van der Waals surface area contributed by atoms with E-state index in [-0.39, 0.29) is 16.3 Å². The summed E-state index contributed by atoms with van der Waals surface area (Å²) in [6.07, 6.45) is 1.24. The Balaban J connectivity index is 2.94. The van der Waals surface area contributed by atoms with E-state index in [1.807, 2.05) is 6.92 Å². The number of unbranched alkanes of at least 4 members (excludes halogenated alkanes) is 1. The van der Waals surface area contributed by atoms with Gasteiger partial charge < -0.3 is 5.32 Å². The van der Waals surface area contributed by atoms with Gasteiger partial charge in [0.1, 0.15) is 0 Å². The standard InChI is InChI=1S/C16H27N3O5S2/c1-6-7-10-25(21,22)18-13(3)16(20)17-14-9-8-12(2)15(11-14)26(23,24)19(4)5/h8-9,11,13,18H,6-7,10H2,1-5H3,(H,17,20)/t13-/m0/s1. The normalized spacial score (nSPS) is 13.6. The van der Waals surface area contributed by atoms with Crippen LogP contribution in [0.2, 0.25) is 0 Å². The Bertz CT molecular complexity index is 849. The molecule has 0 spiro atoms. The highest BCUT2D eigenvalue weighted by atomic mass is 32.2. The van der Waals surface area contributed by atoms with Crippen molar-refractivity contribution in [2.45, 2.75) is 44.6 Å². The fourth-order valence-electron chi connectivity index (χ4n) is 2.12. The smallest absolute Gasteiger partial charge is 0.242 e. The molecule has 0 saturated heterocycles. The fourth-order valence-corrected chi connectivity index (χ4v) is 4.70. The first-order valence-electron chi connectivity index (χ1n) is 8.24. The zero-order valence-electron chi connectivity index (χ0n) is 15.7. The highest BCUT2D eigenvalue weighted by Gasteiger charge is 2.22. The summed E-state index contributed by atoms with van der Waals surface area (Å²) in [5, 5.41) is 2.55. The molecule has 8 nitrogen and oxygen atoms in total. The van der Waals surface area contributed by atoms with E-state index < -0.39 is 32.0 Å². The van der Waals surface area contributed by atoms with Gasteiger partial charge in [0, 0.05) is 19.8 Å². The number of nitrogens with one attached hydrogen (secondary N) is 2. The van der Waals surface area contributed by atoms with E-state index in [1.165, 1.54) is 27.1 Å². The number of amides is 1. The van der Waals surface area contributed by atoms with E-state index in [9.17, 15) is 21.6 Å². The van der Waals surface area contributed by atoms with Crippen LogP contribution in [0.5, 0.6) is 0 Å². The molecule has 26 heavy (non-hydrogen) atoms. The van der Waals surface area contributed by atoms with Crippen molar-refractivity contribution in [3.8, 4) is 0 Å². The first kappa shape index (κ1) is 22.6. The van der Waals surface area contributed by atoms with Crippen molar-refractivity contribution >= 4 is 31.6 Å². The van der Waals surface area contributed by atoms with Gasteiger partial charge in [0.25, 0.3) is 0 Å². The average molecular weight is 406 g/mol. The maximum Gasteiger partial charge on any atom is 0.242 e. The second-order valence-corrected chi connectivity index (χ2v) is 10.3. The summed E-state index contributed by atoms with van der Waals surface area (Å²) >= 11 is 0. The monoisotopic (exact) mass is 405 g/mol. The van der Waals surface area contributed by atoms with Crippen LogP contribution < -0.4 is 10.0 Å². The topological polar surface area (TPSA) is 113 Å². The molecule has 148 valence electrons. The van der Waals surface area contributed by atoms with Gasteiger partial charge in [0.05, 0.1) is 16.7 Å². The summed E-state index contributed by atoms with van der Waals surface area (Å²) < 4.78 is 51.8. The second kappa shape index (κ2) is 8.94. The summed E-state index contributed by atoms with van der Waals surface area (Å²) in [6, 6.07) is 3.54. The summed E-state index contributed by atoms with van der Waals surface area (Å²) in [5.74, 6) is -0.612. The molecule has 0 unspecified atom stereocenters. The van der Waals surface area contributed by atoms with Gasteiger partial charge in [0.15, 0.2) is 0 Å². The van der Waals surface area contributed by atoms with Crippen molar-refractivity contribution in [1.29, 1.82) is 0 Å². The van der Waals surface area contributed by atoms with Crippen molar-refractivity contribution < 1.29 is 21.6 Å². The van der Waals surface area contributed by atoms with E-state index in [2.05, 4.69) is 10.0 Å². The van der Waals surface area contributed by atoms with Gasteiger partial charge in [-0.2, -0.15) is 0 Å². The van der Waals surface area contributed by atoms with Crippen molar-refractivity contribution in [3.05, 3.63) is 23.8 Å². The van der Waals surface area contributed by atoms with E-state index in [1.54, 1.807) is 19.1 Å². The van der Waals surface area contributed by atoms with Crippen LogP contribution in [0.1, 0.15) is 32.3 Å². The van der Waals surface area contributed by atoms with Crippen molar-refractivity contribution in [3.63, 3.8) is 0 Å². The van der Waals surface area contributed by atoms with Crippen LogP contribution in [0.15, 0.2) is 23.1 Å². The lowest BCUT2D eigenvalue weighted by atomic mass is 10.2. The largest absolute Gasteiger partial charge is 0.325 e. The van der Waals surface area contributed by atoms with Crippen LogP contribution in [0.4, 0.5) is 5.69 Å². The minimum Gasteiger partial charge on any atom is -0.325 e. The number of rotatable bonds is 9. The molecule has 1 aromatic rings. The Morgan fingerprint density at radius 3 is 2.35 bits per heavy atom. The Labute approximate surface area is 156 Å². The number of aryl methyl sites for hydroxylation is 1. The second-order valence-electron chi connectivity index (χ2n) is 6.27. The molecule has 0 bridgehead atoms. The number of hydrogen-bond acceptors (Lipinski definition) is 5. The quantitative estimate of drug-likeness (QED) is 0.643. The van der Waals surface area contributed by atoms with Crippen LogP contribution >= 0.6 is 0 Å². The first-order chi connectivity index (χ1) is 11.9. The number of benzene rings is 1. The minimum absolute atomic E-state index is 0.0448. The van der Waals surface area contributed by atoms with E-state index in [4.69, 9.17) is 0 Å². The van der Waals surface area contributed by atoms with Crippen LogP contribution in [0.3, 0.4) is 0 Å². The van der Waals surface area contributed by atoms with Crippen LogP contribution in [-0.2, 0) is 24.8 Å². The predicted molar refractivity (Wildman–Crippen MR) is 102 cm³/mol. The number of carbonyl (C=O) groups excluding carboxylic acids is 1. The number of nitrogens with zero attached hydrogens (tertiary/aromatic N) is 1. The van der Waals surface area contributed by atoms with Crippen LogP contribution in [0, 0.1) is 6.92 Å². The van der Waals surface area contributed by atoms with Gasteiger partial charge in [-0.05, 0) is 38.0 Å². The highest BCUT2D eigenvalue weighted by Crippen LogP contribution is 2.22. The molecule has 0 aliphatic rings. The highest BCUT2D eigenvalue weighted by molar-refractivity contribution is 7.89. The Morgan fingerprint density at radius 2 is 1.81 bits per heavy atom. The van der Waals surface area contributed by atoms with E-state index >= 15 is 0 Å². The Hall–Kier alpha value is -1.49. The van der Waals surface area contributed by atoms with Gasteiger partial charge in [-0.1, -0.05) is 19.4 Å². The first-order valence-corrected chi connectivity index (χ1v) is 11.3. The molecule has 0 radical (unpaired) electrons. The van der Waals surface area contributed by atoms with Gasteiger partial charge in [-0.15, -0.1) is 0 Å². The summed E-state index contributed by atoms with van der Waals surface area (Å²) in [7, 11) is -4.35. The molecule has 0 aliphatic carbocycles. The van der Waals surface area contributed by atoms with Crippen molar-refractivity contribution in [1.82, 2.24) is 9.03 Å². The molecule has 1 amide bonds. The maximum atomic E-state index is 12.3. The third-order valence-corrected chi connectivity index (χ3v) is 7.23. The molecule has 0 aliphatic heterocycles. The molecule has 0 heterocycles. The molecule has 0 aromatic heterocycles. The van der Waals surface area contributed by atoms with Crippen LogP contribution in [0.25, 0.3) is 0 Å². The molecule has 0 fully saturated rings. The zero-order valence-corrected chi connectivity index (χ0v) is 17.4. The molecular weight excluding hydrogens is 378 g/mol. The van der Waals surface area contributed by atoms with Gasteiger partial charge >= 0.3 is 0 Å². The molecule has 1 atom stereocenters. The Morgan fingerprint density at radius 1 is 1.19 bits per heavy atom. The SMILES string of the molecule is CCCCS(=O)(=O)N[C@@H](C)C(=O)Nc1ccc(C)c(S(=O)(=O)N(C)C)c1. The molecule has 10 heteroatoms. The molecule has 0 saturated carbocycles. The minimum atomic E-state index is -3.65. The number of sulfonamides is 2. The summed E-state index contributed by atoms with van der Waals surface area (Å²) in [6.45, 7) is 4.97. The molecule has 2 N–H and O–H groups in total. The van der Waals surface area contributed by atoms with E-state index in [0.717, 1.165) is 10.7 Å². The lowest BCUT2D eigenvalue weighted by Gasteiger charge is -2.17. The lowest BCUT2D eigenvalue weighted by Crippen LogP contribution is -2.42. The average Bonchev–Trinajstić information content (AvgIpc) is 2.53. The number of hydrogen-bond donors (Lipinski definition) is 2. The van der Waals surface area contributed by atoms with Gasteiger partial charge in [-0.25, -0.2) is 25.9 Å². The van der Waals surface area contributed by atoms with Crippen molar-refractivity contribution in [2.24, 2.45) is 0 Å². The fraction of sp³-hybridized carbons (Fsp3) is 0.562. The number of carbonyl (C=O) groups is 1. The number of anilines is 1. The Kier molecular flexibility index (Phi) is 7.75. The summed E-state index contributed by atoms with van der Waals surface area (Å²) in [5.41, 5.74) is 0.825.